The molecule has 0 saturated heterocycles. The van der Waals surface area contributed by atoms with Crippen LogP contribution in [0.15, 0.2) is 12.2 Å². The summed E-state index contributed by atoms with van der Waals surface area (Å²) in [6.45, 7) is 1.20. The van der Waals surface area contributed by atoms with Gasteiger partial charge in [-0.3, -0.25) is 4.79 Å². The molecule has 0 aromatic heterocycles. The van der Waals surface area contributed by atoms with E-state index in [4.69, 9.17) is 5.11 Å². The van der Waals surface area contributed by atoms with E-state index in [1.54, 1.807) is 0 Å². The van der Waals surface area contributed by atoms with Crippen molar-refractivity contribution >= 4 is 5.97 Å². The van der Waals surface area contributed by atoms with Crippen LogP contribution in [0.25, 0.3) is 0 Å². The van der Waals surface area contributed by atoms with Gasteiger partial charge in [0, 0.05) is 5.92 Å². The van der Waals surface area contributed by atoms with E-state index in [0.717, 1.165) is 0 Å². The molecule has 0 aliphatic heterocycles. The van der Waals surface area contributed by atoms with Crippen LogP contribution in [-0.4, -0.2) is 17.0 Å². The van der Waals surface area contributed by atoms with Gasteiger partial charge >= 0.3 is 5.97 Å². The molecule has 0 aromatic carbocycles. The molecule has 2 bridgehead atoms. The van der Waals surface area contributed by atoms with E-state index in [9.17, 15) is 13.6 Å². The number of carbonyl (C=O) groups is 1. The van der Waals surface area contributed by atoms with Gasteiger partial charge in [0.25, 0.3) is 5.92 Å². The highest BCUT2D eigenvalue weighted by Crippen LogP contribution is 2.73. The van der Waals surface area contributed by atoms with Crippen molar-refractivity contribution in [2.75, 3.05) is 0 Å². The summed E-state index contributed by atoms with van der Waals surface area (Å²) in [5, 5.41) is 9.00. The maximum Gasteiger partial charge on any atom is 0.315 e. The summed E-state index contributed by atoms with van der Waals surface area (Å²) in [7, 11) is 0. The van der Waals surface area contributed by atoms with Crippen molar-refractivity contribution in [2.24, 2.45) is 29.1 Å². The molecule has 5 unspecified atom stereocenters. The van der Waals surface area contributed by atoms with E-state index < -0.39 is 23.2 Å². The van der Waals surface area contributed by atoms with Crippen molar-refractivity contribution in [3.05, 3.63) is 12.2 Å². The number of hydrogen-bond donors (Lipinski definition) is 1. The average molecular weight is 214 g/mol. The third-order valence-electron chi connectivity index (χ3n) is 4.68. The first kappa shape index (κ1) is 9.31. The van der Waals surface area contributed by atoms with Gasteiger partial charge in [-0.1, -0.05) is 12.2 Å². The molecule has 0 radical (unpaired) electrons. The highest BCUT2D eigenvalue weighted by molar-refractivity contribution is 5.78. The van der Waals surface area contributed by atoms with Crippen molar-refractivity contribution in [3.8, 4) is 0 Å². The predicted octanol–water partition coefficient (Wildman–Crippen LogP) is 2.16. The first-order valence-corrected chi connectivity index (χ1v) is 5.20. The van der Waals surface area contributed by atoms with Gasteiger partial charge in [-0.25, -0.2) is 8.78 Å². The van der Waals surface area contributed by atoms with E-state index in [1.165, 1.54) is 6.92 Å². The third kappa shape index (κ3) is 0.723. The second-order valence-electron chi connectivity index (χ2n) is 5.13. The summed E-state index contributed by atoms with van der Waals surface area (Å²) in [6, 6.07) is 0. The summed E-state index contributed by atoms with van der Waals surface area (Å²) in [6.07, 6.45) is 4.47. The Morgan fingerprint density at radius 3 is 2.40 bits per heavy atom. The fourth-order valence-corrected chi connectivity index (χ4v) is 3.86. The Bertz CT molecular complexity index is 377. The number of rotatable bonds is 1. The van der Waals surface area contributed by atoms with E-state index >= 15 is 0 Å². The average Bonchev–Trinajstić information content (AvgIpc) is 2.73. The van der Waals surface area contributed by atoms with Crippen LogP contribution in [0, 0.1) is 29.1 Å². The van der Waals surface area contributed by atoms with Gasteiger partial charge < -0.3 is 5.11 Å². The first-order valence-electron chi connectivity index (χ1n) is 5.20. The summed E-state index contributed by atoms with van der Waals surface area (Å²) < 4.78 is 27.7. The van der Waals surface area contributed by atoms with E-state index in [0.29, 0.717) is 6.42 Å². The van der Waals surface area contributed by atoms with Crippen LogP contribution in [0.4, 0.5) is 8.78 Å². The van der Waals surface area contributed by atoms with Gasteiger partial charge in [0.05, 0.1) is 0 Å². The quantitative estimate of drug-likeness (QED) is 0.679. The standard InChI is InChI=1S/C11H12F2O2/c1-10(9(14)15)7-5-2-3-6(4-5)8(7)11(10,12)13/h2-3,5-8H,4H2,1H3,(H,14,15). The molecule has 2 nitrogen and oxygen atoms in total. The fourth-order valence-electron chi connectivity index (χ4n) is 3.86. The molecule has 3 aliphatic rings. The summed E-state index contributed by atoms with van der Waals surface area (Å²) in [5.41, 5.74) is -1.85. The Kier molecular flexibility index (Phi) is 1.40. The minimum absolute atomic E-state index is 0.0562. The summed E-state index contributed by atoms with van der Waals surface area (Å²) in [4.78, 5) is 11.0. The Labute approximate surface area is 86.0 Å². The number of aliphatic carboxylic acids is 1. The molecular formula is C11H12F2O2. The lowest BCUT2D eigenvalue weighted by Crippen LogP contribution is -2.69. The monoisotopic (exact) mass is 214 g/mol. The minimum Gasteiger partial charge on any atom is -0.481 e. The Hall–Kier alpha value is -0.930. The van der Waals surface area contributed by atoms with Gasteiger partial charge in [-0.2, -0.15) is 0 Å². The zero-order chi connectivity index (χ0) is 11.0. The smallest absolute Gasteiger partial charge is 0.315 e. The Morgan fingerprint density at radius 2 is 1.87 bits per heavy atom. The lowest BCUT2D eigenvalue weighted by Gasteiger charge is -2.57. The van der Waals surface area contributed by atoms with Crippen molar-refractivity contribution < 1.29 is 18.7 Å². The maximum absolute atomic E-state index is 13.8. The van der Waals surface area contributed by atoms with Crippen LogP contribution in [0.1, 0.15) is 13.3 Å². The number of alkyl halides is 2. The van der Waals surface area contributed by atoms with E-state index in [2.05, 4.69) is 0 Å². The molecule has 0 aromatic rings. The van der Waals surface area contributed by atoms with Gasteiger partial charge in [-0.05, 0) is 31.1 Å². The molecule has 0 spiro atoms. The van der Waals surface area contributed by atoms with Gasteiger partial charge in [-0.15, -0.1) is 0 Å². The highest BCUT2D eigenvalue weighted by atomic mass is 19.3. The number of fused-ring (bicyclic) bond motifs is 5. The van der Waals surface area contributed by atoms with Crippen LogP contribution < -0.4 is 0 Å². The molecule has 0 heterocycles. The molecule has 2 fully saturated rings. The zero-order valence-electron chi connectivity index (χ0n) is 8.28. The van der Waals surface area contributed by atoms with Gasteiger partial charge in [0.1, 0.15) is 5.41 Å². The van der Waals surface area contributed by atoms with Crippen LogP contribution in [-0.2, 0) is 4.79 Å². The van der Waals surface area contributed by atoms with Crippen molar-refractivity contribution in [1.29, 1.82) is 0 Å². The lowest BCUT2D eigenvalue weighted by molar-refractivity contribution is -0.285. The van der Waals surface area contributed by atoms with E-state index in [1.807, 2.05) is 12.2 Å². The van der Waals surface area contributed by atoms with Gasteiger partial charge in [0.2, 0.25) is 0 Å². The molecule has 3 rings (SSSR count). The topological polar surface area (TPSA) is 37.3 Å². The second kappa shape index (κ2) is 2.25. The maximum atomic E-state index is 13.8. The van der Waals surface area contributed by atoms with Gasteiger partial charge in [0.15, 0.2) is 0 Å². The lowest BCUT2D eigenvalue weighted by atomic mass is 9.48. The Balaban J connectivity index is 2.07. The summed E-state index contributed by atoms with van der Waals surface area (Å²) >= 11 is 0. The van der Waals surface area contributed by atoms with Crippen molar-refractivity contribution in [3.63, 3.8) is 0 Å². The largest absolute Gasteiger partial charge is 0.481 e. The number of carboxylic acids is 1. The third-order valence-corrected chi connectivity index (χ3v) is 4.68. The highest BCUT2D eigenvalue weighted by Gasteiger charge is 2.81. The predicted molar refractivity (Wildman–Crippen MR) is 48.4 cm³/mol. The normalized spacial score (nSPS) is 53.8. The second-order valence-corrected chi connectivity index (χ2v) is 5.13. The van der Waals surface area contributed by atoms with Crippen molar-refractivity contribution in [2.45, 2.75) is 19.3 Å². The van der Waals surface area contributed by atoms with E-state index in [-0.39, 0.29) is 17.8 Å². The van der Waals surface area contributed by atoms with Crippen LogP contribution in [0.5, 0.6) is 0 Å². The van der Waals surface area contributed by atoms with Crippen LogP contribution >= 0.6 is 0 Å². The minimum atomic E-state index is -3.05. The molecule has 15 heavy (non-hydrogen) atoms. The fraction of sp³-hybridized carbons (Fsp3) is 0.727. The molecule has 4 heteroatoms. The number of hydrogen-bond acceptors (Lipinski definition) is 1. The van der Waals surface area contributed by atoms with Crippen LogP contribution in [0.3, 0.4) is 0 Å². The number of allylic oxidation sites excluding steroid dienone is 2. The molecule has 0 amide bonds. The zero-order valence-corrected chi connectivity index (χ0v) is 8.28. The number of halogens is 2. The molecule has 2 saturated carbocycles. The molecule has 3 aliphatic carbocycles. The Morgan fingerprint density at radius 1 is 1.33 bits per heavy atom. The molecule has 5 atom stereocenters. The van der Waals surface area contributed by atoms with Crippen LogP contribution in [0.2, 0.25) is 0 Å². The number of carboxylic acid groups (broad SMARTS) is 1. The SMILES string of the molecule is CC1(C(=O)O)C2C3C=CC(C3)C2C1(F)F. The molecular weight excluding hydrogens is 202 g/mol. The first-order chi connectivity index (χ1) is 6.90. The van der Waals surface area contributed by atoms with Crippen molar-refractivity contribution in [1.82, 2.24) is 0 Å². The molecule has 1 N–H and O–H groups in total. The molecule has 82 valence electrons. The summed E-state index contributed by atoms with van der Waals surface area (Å²) in [5.74, 6) is -5.53.